The molecule has 0 heterocycles. The lowest BCUT2D eigenvalue weighted by atomic mass is 10.3. The zero-order chi connectivity index (χ0) is 8.85. The number of hydrogen-bond donors (Lipinski definition) is 2. The average Bonchev–Trinajstić information content (AvgIpc) is 1.87. The molecule has 0 saturated carbocycles. The third kappa shape index (κ3) is 4.27. The summed E-state index contributed by atoms with van der Waals surface area (Å²) in [6.45, 7) is 4.59. The maximum Gasteiger partial charge on any atom is 0.252 e. The van der Waals surface area contributed by atoms with Crippen molar-refractivity contribution in [2.45, 2.75) is 13.3 Å². The van der Waals surface area contributed by atoms with Crippen LogP contribution in [0.3, 0.4) is 0 Å². The van der Waals surface area contributed by atoms with Crippen LogP contribution in [0.15, 0.2) is 12.2 Å². The molecule has 0 aliphatic heterocycles. The second kappa shape index (κ2) is 4.62. The number of amides is 2. The first-order chi connectivity index (χ1) is 5.07. The topological polar surface area (TPSA) is 66.4 Å². The number of aliphatic hydroxyl groups is 1. The monoisotopic (exact) mass is 157 g/mol. The lowest BCUT2D eigenvalue weighted by Gasteiger charge is -2.00. The SMILES string of the molecule is C=C(C)C(=O)NC(=O)CCO. The van der Waals surface area contributed by atoms with E-state index in [9.17, 15) is 9.59 Å². The van der Waals surface area contributed by atoms with E-state index in [2.05, 4.69) is 6.58 Å². The third-order valence-electron chi connectivity index (χ3n) is 0.979. The van der Waals surface area contributed by atoms with E-state index < -0.39 is 11.8 Å². The molecule has 0 saturated heterocycles. The summed E-state index contributed by atoms with van der Waals surface area (Å²) >= 11 is 0. The molecule has 0 fully saturated rings. The van der Waals surface area contributed by atoms with E-state index in [0.717, 1.165) is 0 Å². The molecule has 0 atom stereocenters. The molecule has 0 bridgehead atoms. The Balaban J connectivity index is 3.76. The van der Waals surface area contributed by atoms with Crippen LogP contribution in [0.2, 0.25) is 0 Å². The van der Waals surface area contributed by atoms with Gasteiger partial charge in [-0.15, -0.1) is 0 Å². The molecule has 62 valence electrons. The van der Waals surface area contributed by atoms with E-state index in [-0.39, 0.29) is 18.6 Å². The summed E-state index contributed by atoms with van der Waals surface area (Å²) in [5, 5.41) is 10.3. The number of nitrogens with one attached hydrogen (secondary N) is 1. The van der Waals surface area contributed by atoms with Crippen molar-refractivity contribution in [1.82, 2.24) is 5.32 Å². The highest BCUT2D eigenvalue weighted by atomic mass is 16.3. The third-order valence-corrected chi connectivity index (χ3v) is 0.979. The summed E-state index contributed by atoms with van der Waals surface area (Å²) in [5.74, 6) is -0.982. The fraction of sp³-hybridized carbons (Fsp3) is 0.429. The van der Waals surface area contributed by atoms with Crippen molar-refractivity contribution in [3.63, 3.8) is 0 Å². The molecule has 0 radical (unpaired) electrons. The summed E-state index contributed by atoms with van der Waals surface area (Å²) in [7, 11) is 0. The number of rotatable bonds is 3. The van der Waals surface area contributed by atoms with Gasteiger partial charge in [-0.05, 0) is 6.92 Å². The van der Waals surface area contributed by atoms with E-state index in [4.69, 9.17) is 5.11 Å². The molecular formula is C7H11NO3. The molecule has 2 N–H and O–H groups in total. The molecule has 0 unspecified atom stereocenters. The van der Waals surface area contributed by atoms with Crippen LogP contribution >= 0.6 is 0 Å². The molecule has 0 spiro atoms. The van der Waals surface area contributed by atoms with Gasteiger partial charge in [-0.1, -0.05) is 6.58 Å². The van der Waals surface area contributed by atoms with Gasteiger partial charge >= 0.3 is 0 Å². The lowest BCUT2D eigenvalue weighted by Crippen LogP contribution is -2.31. The first-order valence-electron chi connectivity index (χ1n) is 3.18. The predicted molar refractivity (Wildman–Crippen MR) is 39.7 cm³/mol. The van der Waals surface area contributed by atoms with Gasteiger partial charge in [-0.2, -0.15) is 0 Å². The smallest absolute Gasteiger partial charge is 0.252 e. The summed E-state index contributed by atoms with van der Waals surface area (Å²) < 4.78 is 0. The van der Waals surface area contributed by atoms with E-state index in [1.54, 1.807) is 0 Å². The van der Waals surface area contributed by atoms with Crippen LogP contribution in [-0.2, 0) is 9.59 Å². The normalized spacial score (nSPS) is 8.91. The van der Waals surface area contributed by atoms with Crippen molar-refractivity contribution >= 4 is 11.8 Å². The number of hydrogen-bond acceptors (Lipinski definition) is 3. The first kappa shape index (κ1) is 9.84. The largest absolute Gasteiger partial charge is 0.396 e. The fourth-order valence-corrected chi connectivity index (χ4v) is 0.397. The maximum atomic E-state index is 10.7. The van der Waals surface area contributed by atoms with E-state index >= 15 is 0 Å². The first-order valence-corrected chi connectivity index (χ1v) is 3.18. The van der Waals surface area contributed by atoms with Crippen LogP contribution in [0.5, 0.6) is 0 Å². The Morgan fingerprint density at radius 2 is 2.09 bits per heavy atom. The molecule has 0 rings (SSSR count). The Morgan fingerprint density at radius 3 is 2.45 bits per heavy atom. The van der Waals surface area contributed by atoms with Crippen molar-refractivity contribution in [1.29, 1.82) is 0 Å². The lowest BCUT2D eigenvalue weighted by molar-refractivity contribution is -0.128. The second-order valence-electron chi connectivity index (χ2n) is 2.13. The van der Waals surface area contributed by atoms with Gasteiger partial charge in [-0.3, -0.25) is 14.9 Å². The molecule has 2 amide bonds. The average molecular weight is 157 g/mol. The molecule has 0 aromatic carbocycles. The van der Waals surface area contributed by atoms with Gasteiger partial charge in [0, 0.05) is 5.57 Å². The Labute approximate surface area is 64.9 Å². The quantitative estimate of drug-likeness (QED) is 0.547. The molecule has 0 aliphatic rings. The van der Waals surface area contributed by atoms with Crippen LogP contribution < -0.4 is 5.32 Å². The number of carbonyl (C=O) groups excluding carboxylic acids is 2. The van der Waals surface area contributed by atoms with Gasteiger partial charge in [0.1, 0.15) is 0 Å². The summed E-state index contributed by atoms with van der Waals surface area (Å²) in [5.41, 5.74) is 0.274. The minimum Gasteiger partial charge on any atom is -0.396 e. The van der Waals surface area contributed by atoms with Gasteiger partial charge in [-0.25, -0.2) is 0 Å². The Kier molecular flexibility index (Phi) is 4.14. The zero-order valence-electron chi connectivity index (χ0n) is 6.39. The van der Waals surface area contributed by atoms with Crippen LogP contribution in [0, 0.1) is 0 Å². The molecule has 4 nitrogen and oxygen atoms in total. The molecule has 0 aromatic heterocycles. The summed E-state index contributed by atoms with van der Waals surface area (Å²) in [6, 6.07) is 0. The van der Waals surface area contributed by atoms with Gasteiger partial charge in [0.25, 0.3) is 5.91 Å². The number of carbonyl (C=O) groups is 2. The molecule has 0 aromatic rings. The zero-order valence-corrected chi connectivity index (χ0v) is 6.39. The maximum absolute atomic E-state index is 10.7. The number of aliphatic hydroxyl groups excluding tert-OH is 1. The van der Waals surface area contributed by atoms with Gasteiger partial charge in [0.05, 0.1) is 13.0 Å². The van der Waals surface area contributed by atoms with Gasteiger partial charge in [0.15, 0.2) is 0 Å². The summed E-state index contributed by atoms with van der Waals surface area (Å²) in [6.07, 6.45) is -0.0565. The molecule has 4 heteroatoms. The minimum absolute atomic E-state index is 0.0565. The van der Waals surface area contributed by atoms with Crippen LogP contribution in [0.1, 0.15) is 13.3 Å². The highest BCUT2D eigenvalue weighted by Gasteiger charge is 2.06. The molecule has 0 aliphatic carbocycles. The fourth-order valence-electron chi connectivity index (χ4n) is 0.397. The Hall–Kier alpha value is -1.16. The minimum atomic E-state index is -0.497. The van der Waals surface area contributed by atoms with Crippen molar-refractivity contribution in [3.05, 3.63) is 12.2 Å². The van der Waals surface area contributed by atoms with Crippen molar-refractivity contribution in [2.75, 3.05) is 6.61 Å². The Bertz CT molecular complexity index is 186. The van der Waals surface area contributed by atoms with Crippen LogP contribution in [-0.4, -0.2) is 23.5 Å². The Morgan fingerprint density at radius 1 is 1.55 bits per heavy atom. The number of imide groups is 1. The second-order valence-corrected chi connectivity index (χ2v) is 2.13. The van der Waals surface area contributed by atoms with E-state index in [0.29, 0.717) is 0 Å². The highest BCUT2D eigenvalue weighted by molar-refractivity contribution is 6.03. The van der Waals surface area contributed by atoms with Crippen molar-refractivity contribution in [3.8, 4) is 0 Å². The van der Waals surface area contributed by atoms with Crippen molar-refractivity contribution < 1.29 is 14.7 Å². The highest BCUT2D eigenvalue weighted by Crippen LogP contribution is 1.86. The standard InChI is InChI=1S/C7H11NO3/c1-5(2)7(11)8-6(10)3-4-9/h9H,1,3-4H2,2H3,(H,8,10,11). The van der Waals surface area contributed by atoms with Gasteiger partial charge < -0.3 is 5.11 Å². The summed E-state index contributed by atoms with van der Waals surface area (Å²) in [4.78, 5) is 21.3. The van der Waals surface area contributed by atoms with Crippen LogP contribution in [0.4, 0.5) is 0 Å². The van der Waals surface area contributed by atoms with E-state index in [1.807, 2.05) is 5.32 Å². The van der Waals surface area contributed by atoms with Crippen LogP contribution in [0.25, 0.3) is 0 Å². The van der Waals surface area contributed by atoms with Gasteiger partial charge in [0.2, 0.25) is 5.91 Å². The predicted octanol–water partition coefficient (Wildman–Crippen LogP) is -0.412. The molecular weight excluding hydrogens is 146 g/mol. The molecule has 11 heavy (non-hydrogen) atoms. The van der Waals surface area contributed by atoms with Crippen molar-refractivity contribution in [2.24, 2.45) is 0 Å². The van der Waals surface area contributed by atoms with E-state index in [1.165, 1.54) is 6.92 Å².